The Labute approximate surface area is 141 Å². The van der Waals surface area contributed by atoms with Crippen LogP contribution in [0.4, 0.5) is 5.69 Å². The maximum atomic E-state index is 6.12. The lowest BCUT2D eigenvalue weighted by Gasteiger charge is -2.32. The van der Waals surface area contributed by atoms with Crippen LogP contribution in [0.2, 0.25) is 0 Å². The number of nitrogens with zero attached hydrogens (tertiary/aromatic N) is 1. The summed E-state index contributed by atoms with van der Waals surface area (Å²) in [6, 6.07) is 8.59. The summed E-state index contributed by atoms with van der Waals surface area (Å²) >= 11 is 0. The molecule has 1 aliphatic heterocycles. The van der Waals surface area contributed by atoms with Gasteiger partial charge >= 0.3 is 7.12 Å². The van der Waals surface area contributed by atoms with Gasteiger partial charge in [0.1, 0.15) is 0 Å². The highest BCUT2D eigenvalue weighted by atomic mass is 16.7. The molecule has 1 fully saturated rings. The molecule has 0 bridgehead atoms. The van der Waals surface area contributed by atoms with Crippen LogP contribution >= 0.6 is 0 Å². The van der Waals surface area contributed by atoms with E-state index in [1.807, 2.05) is 7.05 Å². The van der Waals surface area contributed by atoms with Crippen LogP contribution in [0, 0.1) is 0 Å². The first-order valence-electron chi connectivity index (χ1n) is 8.66. The van der Waals surface area contributed by atoms with Gasteiger partial charge in [0.25, 0.3) is 0 Å². The van der Waals surface area contributed by atoms with Crippen molar-refractivity contribution in [2.24, 2.45) is 0 Å². The maximum absolute atomic E-state index is 6.12. The highest BCUT2D eigenvalue weighted by Crippen LogP contribution is 2.36. The molecule has 0 amide bonds. The van der Waals surface area contributed by atoms with Gasteiger partial charge in [0.05, 0.1) is 11.2 Å². The predicted molar refractivity (Wildman–Crippen MR) is 98.6 cm³/mol. The van der Waals surface area contributed by atoms with Crippen LogP contribution in [0.3, 0.4) is 0 Å². The molecule has 1 heterocycles. The number of likely N-dealkylation sites (N-methyl/N-ethyl adjacent to an activating group) is 1. The number of benzene rings is 1. The zero-order valence-electron chi connectivity index (χ0n) is 15.5. The van der Waals surface area contributed by atoms with Crippen LogP contribution in [0.25, 0.3) is 0 Å². The molecule has 1 aliphatic rings. The van der Waals surface area contributed by atoms with Crippen molar-refractivity contribution in [2.45, 2.75) is 52.2 Å². The van der Waals surface area contributed by atoms with Gasteiger partial charge in [-0.25, -0.2) is 0 Å². The molecule has 0 saturated carbocycles. The van der Waals surface area contributed by atoms with Crippen LogP contribution in [0.5, 0.6) is 0 Å². The zero-order chi connectivity index (χ0) is 17.1. The Bertz CT molecular complexity index is 486. The third-order valence-corrected chi connectivity index (χ3v) is 4.91. The molecule has 0 aromatic heterocycles. The number of hydrogen-bond acceptors (Lipinski definition) is 4. The number of anilines is 1. The lowest BCUT2D eigenvalue weighted by atomic mass is 9.79. The average Bonchev–Trinajstić information content (AvgIpc) is 2.72. The van der Waals surface area contributed by atoms with E-state index in [-0.39, 0.29) is 18.3 Å². The van der Waals surface area contributed by atoms with Crippen molar-refractivity contribution in [1.82, 2.24) is 5.32 Å². The zero-order valence-corrected chi connectivity index (χ0v) is 15.5. The summed E-state index contributed by atoms with van der Waals surface area (Å²) in [6.45, 7) is 13.6. The molecule has 1 aromatic rings. The van der Waals surface area contributed by atoms with Crippen molar-refractivity contribution in [2.75, 3.05) is 31.6 Å². The van der Waals surface area contributed by atoms with E-state index in [4.69, 9.17) is 9.31 Å². The molecule has 1 aromatic carbocycles. The smallest absolute Gasteiger partial charge is 0.399 e. The second-order valence-corrected chi connectivity index (χ2v) is 7.27. The van der Waals surface area contributed by atoms with Crippen LogP contribution in [0.15, 0.2) is 24.3 Å². The van der Waals surface area contributed by atoms with Gasteiger partial charge in [-0.2, -0.15) is 0 Å². The topological polar surface area (TPSA) is 33.7 Å². The molecule has 4 nitrogen and oxygen atoms in total. The Kier molecular flexibility index (Phi) is 5.77. The van der Waals surface area contributed by atoms with Crippen LogP contribution in [-0.4, -0.2) is 45.0 Å². The van der Waals surface area contributed by atoms with Gasteiger partial charge in [-0.15, -0.1) is 0 Å². The molecule has 5 heteroatoms. The Morgan fingerprint density at radius 3 is 2.04 bits per heavy atom. The molecule has 0 unspecified atom stereocenters. The van der Waals surface area contributed by atoms with E-state index >= 15 is 0 Å². The second-order valence-electron chi connectivity index (χ2n) is 7.27. The van der Waals surface area contributed by atoms with Crippen molar-refractivity contribution in [3.05, 3.63) is 24.3 Å². The molecule has 1 N–H and O–H groups in total. The summed E-state index contributed by atoms with van der Waals surface area (Å²) in [4.78, 5) is 2.41. The largest absolute Gasteiger partial charge is 0.494 e. The first-order valence-corrected chi connectivity index (χ1v) is 8.66. The Morgan fingerprint density at radius 2 is 1.57 bits per heavy atom. The fraction of sp³-hybridized carbons (Fsp3) is 0.667. The molecule has 2 rings (SSSR count). The molecule has 0 aliphatic carbocycles. The highest BCUT2D eigenvalue weighted by Gasteiger charge is 2.51. The average molecular weight is 318 g/mol. The first-order chi connectivity index (χ1) is 10.8. The van der Waals surface area contributed by atoms with E-state index in [1.165, 1.54) is 5.69 Å². The lowest BCUT2D eigenvalue weighted by molar-refractivity contribution is 0.00578. The number of nitrogens with one attached hydrogen (secondary N) is 1. The van der Waals surface area contributed by atoms with Crippen molar-refractivity contribution < 1.29 is 9.31 Å². The standard InChI is InChI=1S/C18H31BN2O2/c1-7-13-21(14-12-20-6)16-10-8-15(9-11-16)19-22-17(2,3)18(4,5)23-19/h8-11,20H,7,12-14H2,1-6H3. The molecule has 0 atom stereocenters. The van der Waals surface area contributed by atoms with Crippen molar-refractivity contribution in [3.63, 3.8) is 0 Å². The summed E-state index contributed by atoms with van der Waals surface area (Å²) in [5.41, 5.74) is 1.74. The van der Waals surface area contributed by atoms with Gasteiger partial charge < -0.3 is 19.5 Å². The van der Waals surface area contributed by atoms with Gasteiger partial charge in [0, 0.05) is 25.3 Å². The van der Waals surface area contributed by atoms with Crippen LogP contribution in [0.1, 0.15) is 41.0 Å². The van der Waals surface area contributed by atoms with E-state index < -0.39 is 0 Å². The van der Waals surface area contributed by atoms with Gasteiger partial charge in [-0.3, -0.25) is 0 Å². The van der Waals surface area contributed by atoms with E-state index in [2.05, 4.69) is 69.1 Å². The quantitative estimate of drug-likeness (QED) is 0.783. The fourth-order valence-corrected chi connectivity index (χ4v) is 2.71. The van der Waals surface area contributed by atoms with E-state index in [9.17, 15) is 0 Å². The summed E-state index contributed by atoms with van der Waals surface area (Å²) in [7, 11) is 1.71. The summed E-state index contributed by atoms with van der Waals surface area (Å²) in [5.74, 6) is 0. The molecule has 0 spiro atoms. The summed E-state index contributed by atoms with van der Waals surface area (Å²) in [6.07, 6.45) is 1.14. The lowest BCUT2D eigenvalue weighted by Crippen LogP contribution is -2.41. The first kappa shape index (κ1) is 18.3. The Morgan fingerprint density at radius 1 is 1.00 bits per heavy atom. The number of hydrogen-bond donors (Lipinski definition) is 1. The molecule has 0 radical (unpaired) electrons. The minimum absolute atomic E-state index is 0.286. The van der Waals surface area contributed by atoms with E-state index in [0.717, 1.165) is 31.5 Å². The van der Waals surface area contributed by atoms with Crippen molar-refractivity contribution in [1.29, 1.82) is 0 Å². The van der Waals surface area contributed by atoms with Gasteiger partial charge in [-0.05, 0) is 58.8 Å². The molecule has 128 valence electrons. The Balaban J connectivity index is 2.10. The van der Waals surface area contributed by atoms with Crippen molar-refractivity contribution >= 4 is 18.3 Å². The van der Waals surface area contributed by atoms with Gasteiger partial charge in [0.15, 0.2) is 0 Å². The third-order valence-electron chi connectivity index (χ3n) is 4.91. The normalized spacial score (nSPS) is 19.1. The molecule has 1 saturated heterocycles. The van der Waals surface area contributed by atoms with Gasteiger partial charge in [-0.1, -0.05) is 19.1 Å². The van der Waals surface area contributed by atoms with E-state index in [1.54, 1.807) is 0 Å². The highest BCUT2D eigenvalue weighted by molar-refractivity contribution is 6.62. The fourth-order valence-electron chi connectivity index (χ4n) is 2.71. The molecular weight excluding hydrogens is 287 g/mol. The van der Waals surface area contributed by atoms with E-state index in [0.29, 0.717) is 0 Å². The van der Waals surface area contributed by atoms with Gasteiger partial charge in [0.2, 0.25) is 0 Å². The third kappa shape index (κ3) is 4.08. The minimum Gasteiger partial charge on any atom is -0.399 e. The maximum Gasteiger partial charge on any atom is 0.494 e. The summed E-state index contributed by atoms with van der Waals surface area (Å²) < 4.78 is 12.2. The van der Waals surface area contributed by atoms with Crippen LogP contribution < -0.4 is 15.7 Å². The molecule has 23 heavy (non-hydrogen) atoms. The summed E-state index contributed by atoms with van der Waals surface area (Å²) in [5, 5.41) is 3.22. The SMILES string of the molecule is CCCN(CCNC)c1ccc(B2OC(C)(C)C(C)(C)O2)cc1. The molecular formula is C18H31BN2O2. The number of rotatable bonds is 7. The Hall–Kier alpha value is -1.04. The minimum atomic E-state index is -0.294. The van der Waals surface area contributed by atoms with Crippen molar-refractivity contribution in [3.8, 4) is 0 Å². The predicted octanol–water partition coefficient (Wildman–Crippen LogP) is 2.42. The van der Waals surface area contributed by atoms with Crippen LogP contribution in [-0.2, 0) is 9.31 Å². The second kappa shape index (κ2) is 7.24. The monoisotopic (exact) mass is 318 g/mol.